The van der Waals surface area contributed by atoms with Crippen LogP contribution in [0.5, 0.6) is 11.5 Å². The summed E-state index contributed by atoms with van der Waals surface area (Å²) >= 11 is 0. The van der Waals surface area contributed by atoms with Crippen molar-refractivity contribution in [3.63, 3.8) is 0 Å². The molecule has 1 aliphatic rings. The minimum atomic E-state index is -0.772. The summed E-state index contributed by atoms with van der Waals surface area (Å²) in [6.45, 7) is 4.89. The van der Waals surface area contributed by atoms with E-state index < -0.39 is 6.10 Å². The predicted octanol–water partition coefficient (Wildman–Crippen LogP) is 1.59. The highest BCUT2D eigenvalue weighted by atomic mass is 16.5. The summed E-state index contributed by atoms with van der Waals surface area (Å²) in [5.41, 5.74) is 0.770. The van der Waals surface area contributed by atoms with Gasteiger partial charge < -0.3 is 24.6 Å². The molecule has 0 unspecified atom stereocenters. The van der Waals surface area contributed by atoms with Crippen LogP contribution in [0.15, 0.2) is 42.6 Å². The summed E-state index contributed by atoms with van der Waals surface area (Å²) in [5, 5.41) is 2.49. The molecule has 0 spiro atoms. The molecule has 1 aliphatic heterocycles. The Morgan fingerprint density at radius 3 is 2.53 bits per heavy atom. The first-order chi connectivity index (χ1) is 15.3. The second-order valence-electron chi connectivity index (χ2n) is 7.56. The average Bonchev–Trinajstić information content (AvgIpc) is 2.82. The van der Waals surface area contributed by atoms with Gasteiger partial charge in [0.15, 0.2) is 17.5 Å². The Bertz CT molecular complexity index is 982. The fraction of sp³-hybridized carbons (Fsp3) is 0.391. The van der Waals surface area contributed by atoms with Gasteiger partial charge in [-0.05, 0) is 26.0 Å². The van der Waals surface area contributed by atoms with E-state index in [1.807, 2.05) is 25.1 Å². The normalized spacial score (nSPS) is 16.8. The Balaban J connectivity index is 1.63. The van der Waals surface area contributed by atoms with Crippen molar-refractivity contribution in [3.8, 4) is 11.5 Å². The molecule has 0 aliphatic carbocycles. The third-order valence-corrected chi connectivity index (χ3v) is 5.37. The molecule has 9 nitrogen and oxygen atoms in total. The number of hydrogen-bond acceptors (Lipinski definition) is 6. The highest BCUT2D eigenvalue weighted by Gasteiger charge is 2.33. The van der Waals surface area contributed by atoms with Crippen molar-refractivity contribution in [3.05, 3.63) is 53.9 Å². The molecule has 1 aromatic heterocycles. The molecular formula is C23H28N4O5. The maximum absolute atomic E-state index is 13.0. The lowest BCUT2D eigenvalue weighted by molar-refractivity contribution is -0.142. The average molecular weight is 441 g/mol. The summed E-state index contributed by atoms with van der Waals surface area (Å²) in [6.07, 6.45) is 0.614. The number of piperazine rings is 1. The van der Waals surface area contributed by atoms with Gasteiger partial charge in [-0.2, -0.15) is 0 Å². The third kappa shape index (κ3) is 4.99. The lowest BCUT2D eigenvalue weighted by Gasteiger charge is -2.40. The van der Waals surface area contributed by atoms with Crippen molar-refractivity contribution in [1.29, 1.82) is 0 Å². The highest BCUT2D eigenvalue weighted by molar-refractivity contribution is 5.95. The molecule has 0 saturated carbocycles. The molecule has 32 heavy (non-hydrogen) atoms. The van der Waals surface area contributed by atoms with Gasteiger partial charge in [0.1, 0.15) is 5.75 Å². The van der Waals surface area contributed by atoms with Gasteiger partial charge in [-0.25, -0.2) is 4.98 Å². The third-order valence-electron chi connectivity index (χ3n) is 5.37. The number of benzene rings is 1. The molecule has 9 heteroatoms. The molecule has 0 bridgehead atoms. The van der Waals surface area contributed by atoms with Crippen LogP contribution in [0.1, 0.15) is 34.7 Å². The first-order valence-corrected chi connectivity index (χ1v) is 10.4. The lowest BCUT2D eigenvalue weighted by atomic mass is 10.1. The van der Waals surface area contributed by atoms with Crippen LogP contribution in [-0.4, -0.2) is 78.4 Å². The number of carbonyl (C=O) groups excluding carboxylic acids is 3. The van der Waals surface area contributed by atoms with Crippen molar-refractivity contribution >= 4 is 17.7 Å². The van der Waals surface area contributed by atoms with Gasteiger partial charge in [0.2, 0.25) is 0 Å². The van der Waals surface area contributed by atoms with Crippen molar-refractivity contribution in [1.82, 2.24) is 20.1 Å². The Labute approximate surface area is 187 Å². The van der Waals surface area contributed by atoms with Crippen LogP contribution in [0.4, 0.5) is 0 Å². The second-order valence-corrected chi connectivity index (χ2v) is 7.56. The van der Waals surface area contributed by atoms with Gasteiger partial charge in [-0.15, -0.1) is 0 Å². The number of nitrogens with one attached hydrogen (secondary N) is 1. The summed E-state index contributed by atoms with van der Waals surface area (Å²) in [5.74, 6) is -0.0278. The van der Waals surface area contributed by atoms with E-state index in [2.05, 4.69) is 10.3 Å². The number of amides is 3. The van der Waals surface area contributed by atoms with Gasteiger partial charge in [0, 0.05) is 44.4 Å². The van der Waals surface area contributed by atoms with E-state index in [4.69, 9.17) is 9.47 Å². The number of ether oxygens (including phenoxy) is 2. The molecule has 2 heterocycles. The molecule has 1 N–H and O–H groups in total. The van der Waals surface area contributed by atoms with Crippen molar-refractivity contribution < 1.29 is 23.9 Å². The van der Waals surface area contributed by atoms with Crippen molar-refractivity contribution in [2.75, 3.05) is 33.8 Å². The molecule has 1 aromatic carbocycles. The lowest BCUT2D eigenvalue weighted by Crippen LogP contribution is -2.57. The largest absolute Gasteiger partial charge is 0.494 e. The fourth-order valence-electron chi connectivity index (χ4n) is 3.66. The molecule has 1 saturated heterocycles. The highest BCUT2D eigenvalue weighted by Crippen LogP contribution is 2.24. The standard InChI is InChI=1S/C23H28N4O5/c1-15-14-26(23(30)17-8-6-5-7-9-17)10-11-27(15)22(29)16(2)32-18-12-19(31-4)20(25-13-18)21(28)24-3/h5-9,12-13,15-16H,10-11,14H2,1-4H3,(H,24,28)/t15-,16+/m1/s1. The number of rotatable bonds is 6. The predicted molar refractivity (Wildman–Crippen MR) is 118 cm³/mol. The number of pyridine rings is 1. The summed E-state index contributed by atoms with van der Waals surface area (Å²) in [4.78, 5) is 45.2. The fourth-order valence-corrected chi connectivity index (χ4v) is 3.66. The quantitative estimate of drug-likeness (QED) is 0.732. The zero-order valence-corrected chi connectivity index (χ0v) is 18.7. The minimum Gasteiger partial charge on any atom is -0.494 e. The zero-order chi connectivity index (χ0) is 23.3. The van der Waals surface area contributed by atoms with E-state index in [-0.39, 0.29) is 35.2 Å². The molecule has 2 aromatic rings. The van der Waals surface area contributed by atoms with Crippen LogP contribution in [-0.2, 0) is 4.79 Å². The van der Waals surface area contributed by atoms with Crippen LogP contribution in [0.3, 0.4) is 0 Å². The van der Waals surface area contributed by atoms with Crippen molar-refractivity contribution in [2.24, 2.45) is 0 Å². The van der Waals surface area contributed by atoms with Gasteiger partial charge in [0.05, 0.1) is 13.3 Å². The van der Waals surface area contributed by atoms with Gasteiger partial charge in [0.25, 0.3) is 17.7 Å². The zero-order valence-electron chi connectivity index (χ0n) is 18.7. The first kappa shape index (κ1) is 23.1. The van der Waals surface area contributed by atoms with Gasteiger partial charge in [-0.1, -0.05) is 18.2 Å². The smallest absolute Gasteiger partial charge is 0.273 e. The number of aromatic nitrogens is 1. The summed E-state index contributed by atoms with van der Waals surface area (Å²) < 4.78 is 11.0. The van der Waals surface area contributed by atoms with E-state index in [1.165, 1.54) is 26.4 Å². The number of hydrogen-bond donors (Lipinski definition) is 1. The van der Waals surface area contributed by atoms with Crippen LogP contribution in [0, 0.1) is 0 Å². The Morgan fingerprint density at radius 1 is 1.19 bits per heavy atom. The number of nitrogens with zero attached hydrogens (tertiary/aromatic N) is 3. The van der Waals surface area contributed by atoms with Gasteiger partial charge in [-0.3, -0.25) is 14.4 Å². The molecule has 3 rings (SSSR count). The summed E-state index contributed by atoms with van der Waals surface area (Å²) in [6, 6.07) is 10.5. The van der Waals surface area contributed by atoms with Gasteiger partial charge >= 0.3 is 0 Å². The molecule has 3 amide bonds. The van der Waals surface area contributed by atoms with E-state index >= 15 is 0 Å². The van der Waals surface area contributed by atoms with Crippen LogP contribution in [0.25, 0.3) is 0 Å². The number of carbonyl (C=O) groups is 3. The maximum atomic E-state index is 13.0. The minimum absolute atomic E-state index is 0.0387. The van der Waals surface area contributed by atoms with E-state index in [0.717, 1.165) is 0 Å². The molecule has 2 atom stereocenters. The first-order valence-electron chi connectivity index (χ1n) is 10.4. The van der Waals surface area contributed by atoms with Crippen LogP contribution < -0.4 is 14.8 Å². The SMILES string of the molecule is CNC(=O)c1ncc(O[C@@H](C)C(=O)N2CCN(C(=O)c3ccccc3)C[C@H]2C)cc1OC. The molecular weight excluding hydrogens is 412 g/mol. The molecule has 0 radical (unpaired) electrons. The monoisotopic (exact) mass is 440 g/mol. The molecule has 170 valence electrons. The van der Waals surface area contributed by atoms with E-state index in [1.54, 1.807) is 28.9 Å². The summed E-state index contributed by atoms with van der Waals surface area (Å²) in [7, 11) is 2.93. The van der Waals surface area contributed by atoms with Crippen molar-refractivity contribution in [2.45, 2.75) is 26.0 Å². The Hall–Kier alpha value is -3.62. The Morgan fingerprint density at radius 2 is 1.91 bits per heavy atom. The Kier molecular flexibility index (Phi) is 7.29. The van der Waals surface area contributed by atoms with E-state index in [0.29, 0.717) is 30.9 Å². The van der Waals surface area contributed by atoms with E-state index in [9.17, 15) is 14.4 Å². The maximum Gasteiger partial charge on any atom is 0.273 e. The topological polar surface area (TPSA) is 101 Å². The molecule has 1 fully saturated rings. The van der Waals surface area contributed by atoms with Crippen LogP contribution >= 0.6 is 0 Å². The second kappa shape index (κ2) is 10.1. The van der Waals surface area contributed by atoms with Crippen LogP contribution in [0.2, 0.25) is 0 Å². The number of methoxy groups -OCH3 is 1.